The number of hydrogen-bond acceptors (Lipinski definition) is 4. The van der Waals surface area contributed by atoms with Crippen LogP contribution in [0.5, 0.6) is 0 Å². The summed E-state index contributed by atoms with van der Waals surface area (Å²) in [6, 6.07) is 9.94. The van der Waals surface area contributed by atoms with Crippen LogP contribution in [-0.2, 0) is 14.4 Å². The van der Waals surface area contributed by atoms with Crippen molar-refractivity contribution in [2.24, 2.45) is 5.16 Å². The molecule has 0 fully saturated rings. The van der Waals surface area contributed by atoms with Crippen molar-refractivity contribution >= 4 is 28.9 Å². The van der Waals surface area contributed by atoms with Gasteiger partial charge in [-0.15, -0.1) is 0 Å². The third kappa shape index (κ3) is 5.66. The number of rotatable bonds is 6. The summed E-state index contributed by atoms with van der Waals surface area (Å²) in [4.78, 5) is 27.7. The molecule has 0 aliphatic heterocycles. The molecule has 2 N–H and O–H groups in total. The standard InChI is InChI=1S/C18H17F2N3O3/c1-11(13-3-5-14(6-4-13)21-12(2)24)23-26-10-18(25)22-15-7-8-16(19)17(20)9-15/h3-9H,10H2,1-2H3,(H,21,24)(H,22,25)/b23-11+. The second-order valence-corrected chi connectivity index (χ2v) is 5.39. The highest BCUT2D eigenvalue weighted by Gasteiger charge is 2.07. The number of carbonyl (C=O) groups excluding carboxylic acids is 2. The Bertz CT molecular complexity index is 836. The lowest BCUT2D eigenvalue weighted by atomic mass is 10.1. The van der Waals surface area contributed by atoms with Crippen LogP contribution in [0.4, 0.5) is 20.2 Å². The summed E-state index contributed by atoms with van der Waals surface area (Å²) < 4.78 is 25.9. The number of hydrogen-bond donors (Lipinski definition) is 2. The zero-order chi connectivity index (χ0) is 19.1. The van der Waals surface area contributed by atoms with Gasteiger partial charge in [0.05, 0.1) is 5.71 Å². The summed E-state index contributed by atoms with van der Waals surface area (Å²) in [6.45, 7) is 2.72. The second kappa shape index (κ2) is 8.70. The van der Waals surface area contributed by atoms with Crippen molar-refractivity contribution < 1.29 is 23.2 Å². The largest absolute Gasteiger partial charge is 0.385 e. The lowest BCUT2D eigenvalue weighted by molar-refractivity contribution is -0.120. The molecule has 0 aliphatic rings. The zero-order valence-electron chi connectivity index (χ0n) is 14.2. The van der Waals surface area contributed by atoms with E-state index in [2.05, 4.69) is 15.8 Å². The average Bonchev–Trinajstić information content (AvgIpc) is 2.58. The molecular formula is C18H17F2N3O3. The number of carbonyl (C=O) groups is 2. The lowest BCUT2D eigenvalue weighted by Gasteiger charge is -2.06. The van der Waals surface area contributed by atoms with Crippen molar-refractivity contribution in [3.8, 4) is 0 Å². The number of halogens is 2. The molecule has 0 unspecified atom stereocenters. The number of benzene rings is 2. The van der Waals surface area contributed by atoms with Gasteiger partial charge in [-0.25, -0.2) is 8.78 Å². The first kappa shape index (κ1) is 19.0. The van der Waals surface area contributed by atoms with E-state index in [1.54, 1.807) is 31.2 Å². The fraction of sp³-hybridized carbons (Fsp3) is 0.167. The minimum Gasteiger partial charge on any atom is -0.385 e. The first-order chi connectivity index (χ1) is 12.3. The molecule has 0 spiro atoms. The Labute approximate surface area is 148 Å². The van der Waals surface area contributed by atoms with Crippen LogP contribution >= 0.6 is 0 Å². The quantitative estimate of drug-likeness (QED) is 0.612. The van der Waals surface area contributed by atoms with Gasteiger partial charge in [0.2, 0.25) is 5.91 Å². The van der Waals surface area contributed by atoms with E-state index in [0.29, 0.717) is 11.4 Å². The molecule has 2 amide bonds. The molecule has 0 radical (unpaired) electrons. The zero-order valence-corrected chi connectivity index (χ0v) is 14.2. The number of anilines is 2. The van der Waals surface area contributed by atoms with Crippen LogP contribution in [0.15, 0.2) is 47.6 Å². The summed E-state index contributed by atoms with van der Waals surface area (Å²) in [7, 11) is 0. The van der Waals surface area contributed by atoms with Gasteiger partial charge in [0.1, 0.15) is 0 Å². The van der Waals surface area contributed by atoms with E-state index in [9.17, 15) is 18.4 Å². The smallest absolute Gasteiger partial charge is 0.265 e. The van der Waals surface area contributed by atoms with Gasteiger partial charge in [0.15, 0.2) is 18.2 Å². The maximum atomic E-state index is 13.1. The predicted molar refractivity (Wildman–Crippen MR) is 93.9 cm³/mol. The van der Waals surface area contributed by atoms with Gasteiger partial charge in [0, 0.05) is 24.4 Å². The van der Waals surface area contributed by atoms with E-state index in [-0.39, 0.29) is 18.2 Å². The van der Waals surface area contributed by atoms with Gasteiger partial charge in [0.25, 0.3) is 5.91 Å². The highest BCUT2D eigenvalue weighted by Crippen LogP contribution is 2.13. The topological polar surface area (TPSA) is 79.8 Å². The Morgan fingerprint density at radius 2 is 1.62 bits per heavy atom. The maximum absolute atomic E-state index is 13.1. The highest BCUT2D eigenvalue weighted by molar-refractivity contribution is 5.99. The van der Waals surface area contributed by atoms with Crippen LogP contribution in [0.3, 0.4) is 0 Å². The van der Waals surface area contributed by atoms with Gasteiger partial charge in [-0.1, -0.05) is 17.3 Å². The van der Waals surface area contributed by atoms with Gasteiger partial charge < -0.3 is 15.5 Å². The van der Waals surface area contributed by atoms with Crippen molar-refractivity contribution in [3.63, 3.8) is 0 Å². The predicted octanol–water partition coefficient (Wildman–Crippen LogP) is 3.30. The van der Waals surface area contributed by atoms with Crippen LogP contribution < -0.4 is 10.6 Å². The molecule has 0 bridgehead atoms. The van der Waals surface area contributed by atoms with Crippen LogP contribution in [0, 0.1) is 11.6 Å². The summed E-state index contributed by atoms with van der Waals surface area (Å²) in [6.07, 6.45) is 0. The Kier molecular flexibility index (Phi) is 6.37. The summed E-state index contributed by atoms with van der Waals surface area (Å²) in [5, 5.41) is 8.85. The minimum absolute atomic E-state index is 0.117. The fourth-order valence-electron chi connectivity index (χ4n) is 2.01. The molecule has 2 rings (SSSR count). The van der Waals surface area contributed by atoms with E-state index >= 15 is 0 Å². The highest BCUT2D eigenvalue weighted by atomic mass is 19.2. The molecule has 136 valence electrons. The van der Waals surface area contributed by atoms with E-state index in [0.717, 1.165) is 17.7 Å². The molecule has 0 aliphatic carbocycles. The molecule has 2 aromatic carbocycles. The van der Waals surface area contributed by atoms with Crippen LogP contribution in [0.1, 0.15) is 19.4 Å². The molecule has 6 nitrogen and oxygen atoms in total. The van der Waals surface area contributed by atoms with Crippen molar-refractivity contribution in [2.45, 2.75) is 13.8 Å². The lowest BCUT2D eigenvalue weighted by Crippen LogP contribution is -2.17. The first-order valence-corrected chi connectivity index (χ1v) is 7.64. The van der Waals surface area contributed by atoms with E-state index < -0.39 is 17.5 Å². The molecule has 2 aromatic rings. The Morgan fingerprint density at radius 1 is 0.962 bits per heavy atom. The summed E-state index contributed by atoms with van der Waals surface area (Å²) in [5.74, 6) is -2.78. The third-order valence-corrected chi connectivity index (χ3v) is 3.22. The van der Waals surface area contributed by atoms with Crippen molar-refractivity contribution in [1.82, 2.24) is 0 Å². The molecule has 0 heterocycles. The molecule has 0 saturated carbocycles. The fourth-order valence-corrected chi connectivity index (χ4v) is 2.01. The molecule has 26 heavy (non-hydrogen) atoms. The van der Waals surface area contributed by atoms with Crippen LogP contribution in [-0.4, -0.2) is 24.1 Å². The molecule has 8 heteroatoms. The minimum atomic E-state index is -1.06. The van der Waals surface area contributed by atoms with E-state index in [1.165, 1.54) is 13.0 Å². The molecule has 0 saturated heterocycles. The third-order valence-electron chi connectivity index (χ3n) is 3.22. The number of nitrogens with zero attached hydrogens (tertiary/aromatic N) is 1. The van der Waals surface area contributed by atoms with Crippen molar-refractivity contribution in [1.29, 1.82) is 0 Å². The number of amides is 2. The SMILES string of the molecule is CC(=O)Nc1ccc(/C(C)=N/OCC(=O)Nc2ccc(F)c(F)c2)cc1. The summed E-state index contributed by atoms with van der Waals surface area (Å²) >= 11 is 0. The van der Waals surface area contributed by atoms with Crippen LogP contribution in [0.2, 0.25) is 0 Å². The summed E-state index contributed by atoms with van der Waals surface area (Å²) in [5.41, 5.74) is 2.05. The Morgan fingerprint density at radius 3 is 2.23 bits per heavy atom. The average molecular weight is 361 g/mol. The monoisotopic (exact) mass is 361 g/mol. The molecular weight excluding hydrogens is 344 g/mol. The van der Waals surface area contributed by atoms with Crippen molar-refractivity contribution in [2.75, 3.05) is 17.2 Å². The number of oxime groups is 1. The number of nitrogens with one attached hydrogen (secondary N) is 2. The van der Waals surface area contributed by atoms with E-state index in [1.807, 2.05) is 0 Å². The van der Waals surface area contributed by atoms with Gasteiger partial charge in [-0.3, -0.25) is 9.59 Å². The maximum Gasteiger partial charge on any atom is 0.265 e. The van der Waals surface area contributed by atoms with Gasteiger partial charge >= 0.3 is 0 Å². The van der Waals surface area contributed by atoms with Crippen molar-refractivity contribution in [3.05, 3.63) is 59.7 Å². The first-order valence-electron chi connectivity index (χ1n) is 7.64. The van der Waals surface area contributed by atoms with Gasteiger partial charge in [-0.2, -0.15) is 0 Å². The normalized spacial score (nSPS) is 11.0. The molecule has 0 aromatic heterocycles. The van der Waals surface area contributed by atoms with Crippen LogP contribution in [0.25, 0.3) is 0 Å². The Balaban J connectivity index is 1.87. The van der Waals surface area contributed by atoms with Gasteiger partial charge in [-0.05, 0) is 36.8 Å². The molecule has 0 atom stereocenters. The second-order valence-electron chi connectivity index (χ2n) is 5.39. The van der Waals surface area contributed by atoms with E-state index in [4.69, 9.17) is 4.84 Å². The Hall–Kier alpha value is -3.29.